The quantitative estimate of drug-likeness (QED) is 0.796. The molecule has 108 valence electrons. The smallest absolute Gasteiger partial charge is 0.328 e. The van der Waals surface area contributed by atoms with Gasteiger partial charge in [-0.15, -0.1) is 0 Å². The lowest BCUT2D eigenvalue weighted by molar-refractivity contribution is -0.142. The summed E-state index contributed by atoms with van der Waals surface area (Å²) in [5.74, 6) is 0.855. The number of urea groups is 1. The molecule has 0 radical (unpaired) electrons. The van der Waals surface area contributed by atoms with Gasteiger partial charge in [-0.3, -0.25) is 0 Å². The SMILES string of the molecule is COC(=O)C(C)NC(=O)NCc1ccc2c(c1)OCO2. The molecule has 1 atom stereocenters. The summed E-state index contributed by atoms with van der Waals surface area (Å²) >= 11 is 0. The zero-order chi connectivity index (χ0) is 14.5. The number of nitrogens with one attached hydrogen (secondary N) is 2. The van der Waals surface area contributed by atoms with Crippen molar-refractivity contribution in [3.05, 3.63) is 23.8 Å². The molecule has 0 bridgehead atoms. The average molecular weight is 280 g/mol. The summed E-state index contributed by atoms with van der Waals surface area (Å²) < 4.78 is 15.0. The van der Waals surface area contributed by atoms with Gasteiger partial charge in [-0.05, 0) is 24.6 Å². The lowest BCUT2D eigenvalue weighted by Gasteiger charge is -2.12. The first-order valence-corrected chi connectivity index (χ1v) is 6.11. The van der Waals surface area contributed by atoms with Crippen LogP contribution in [0.4, 0.5) is 4.79 Å². The van der Waals surface area contributed by atoms with Crippen LogP contribution in [0.3, 0.4) is 0 Å². The third kappa shape index (κ3) is 3.31. The van der Waals surface area contributed by atoms with Crippen LogP contribution in [0.25, 0.3) is 0 Å². The fraction of sp³-hybridized carbons (Fsp3) is 0.385. The second-order valence-electron chi connectivity index (χ2n) is 4.26. The number of benzene rings is 1. The molecule has 7 nitrogen and oxygen atoms in total. The molecule has 1 aromatic carbocycles. The molecule has 0 saturated heterocycles. The van der Waals surface area contributed by atoms with E-state index in [4.69, 9.17) is 9.47 Å². The van der Waals surface area contributed by atoms with Crippen LogP contribution < -0.4 is 20.1 Å². The minimum Gasteiger partial charge on any atom is -0.467 e. The molecule has 1 heterocycles. The summed E-state index contributed by atoms with van der Waals surface area (Å²) in [5.41, 5.74) is 0.870. The van der Waals surface area contributed by atoms with Crippen LogP contribution in [0.5, 0.6) is 11.5 Å². The standard InChI is InChI=1S/C13H16N2O5/c1-8(12(16)18-2)15-13(17)14-6-9-3-4-10-11(5-9)20-7-19-10/h3-5,8H,6-7H2,1-2H3,(H2,14,15,17). The Morgan fingerprint density at radius 1 is 1.35 bits per heavy atom. The van der Waals surface area contributed by atoms with E-state index >= 15 is 0 Å². The maximum absolute atomic E-state index is 11.6. The van der Waals surface area contributed by atoms with Crippen molar-refractivity contribution in [2.24, 2.45) is 0 Å². The van der Waals surface area contributed by atoms with Gasteiger partial charge in [0.1, 0.15) is 6.04 Å². The Morgan fingerprint density at radius 3 is 2.85 bits per heavy atom. The van der Waals surface area contributed by atoms with Crippen LogP contribution in [0.2, 0.25) is 0 Å². The molecule has 2 rings (SSSR count). The monoisotopic (exact) mass is 280 g/mol. The summed E-state index contributed by atoms with van der Waals surface area (Å²) in [6, 6.07) is 4.27. The van der Waals surface area contributed by atoms with Gasteiger partial charge in [0, 0.05) is 6.54 Å². The van der Waals surface area contributed by atoms with Gasteiger partial charge in [0.25, 0.3) is 0 Å². The van der Waals surface area contributed by atoms with Crippen molar-refractivity contribution in [2.45, 2.75) is 19.5 Å². The lowest BCUT2D eigenvalue weighted by atomic mass is 10.2. The Morgan fingerprint density at radius 2 is 2.10 bits per heavy atom. The predicted molar refractivity (Wildman–Crippen MR) is 69.4 cm³/mol. The molecule has 0 fully saturated rings. The largest absolute Gasteiger partial charge is 0.467 e. The third-order valence-corrected chi connectivity index (χ3v) is 2.79. The summed E-state index contributed by atoms with van der Waals surface area (Å²) in [7, 11) is 1.27. The minimum absolute atomic E-state index is 0.212. The molecular formula is C13H16N2O5. The highest BCUT2D eigenvalue weighted by Crippen LogP contribution is 2.32. The van der Waals surface area contributed by atoms with Gasteiger partial charge in [0.15, 0.2) is 11.5 Å². The van der Waals surface area contributed by atoms with Crippen LogP contribution in [0, 0.1) is 0 Å². The highest BCUT2D eigenvalue weighted by atomic mass is 16.7. The molecule has 1 aromatic rings. The maximum Gasteiger partial charge on any atom is 0.328 e. The number of carbonyl (C=O) groups is 2. The van der Waals surface area contributed by atoms with Gasteiger partial charge >= 0.3 is 12.0 Å². The molecule has 2 amide bonds. The van der Waals surface area contributed by atoms with Crippen molar-refractivity contribution < 1.29 is 23.8 Å². The van der Waals surface area contributed by atoms with Gasteiger partial charge in [0.05, 0.1) is 7.11 Å². The van der Waals surface area contributed by atoms with E-state index in [1.807, 2.05) is 6.07 Å². The van der Waals surface area contributed by atoms with Gasteiger partial charge in [-0.25, -0.2) is 9.59 Å². The van der Waals surface area contributed by atoms with Gasteiger partial charge < -0.3 is 24.8 Å². The molecule has 0 saturated carbocycles. The van der Waals surface area contributed by atoms with E-state index in [9.17, 15) is 9.59 Å². The number of hydrogen-bond donors (Lipinski definition) is 2. The zero-order valence-corrected chi connectivity index (χ0v) is 11.3. The average Bonchev–Trinajstić information content (AvgIpc) is 2.91. The fourth-order valence-corrected chi connectivity index (χ4v) is 1.72. The first-order chi connectivity index (χ1) is 9.60. The van der Waals surface area contributed by atoms with E-state index in [-0.39, 0.29) is 6.79 Å². The summed E-state index contributed by atoms with van der Waals surface area (Å²) in [6.07, 6.45) is 0. The Kier molecular flexibility index (Phi) is 4.29. The Bertz CT molecular complexity index is 517. The first kappa shape index (κ1) is 14.0. The molecule has 0 aliphatic carbocycles. The third-order valence-electron chi connectivity index (χ3n) is 2.79. The number of amides is 2. The fourth-order valence-electron chi connectivity index (χ4n) is 1.72. The molecule has 0 aromatic heterocycles. The number of carbonyl (C=O) groups excluding carboxylic acids is 2. The van der Waals surface area contributed by atoms with Crippen LogP contribution in [0.15, 0.2) is 18.2 Å². The van der Waals surface area contributed by atoms with Gasteiger partial charge in [-0.1, -0.05) is 6.07 Å². The predicted octanol–water partition coefficient (Wildman–Crippen LogP) is 0.776. The summed E-state index contributed by atoms with van der Waals surface area (Å²) in [6.45, 7) is 2.08. The molecular weight excluding hydrogens is 264 g/mol. The molecule has 1 aliphatic rings. The molecule has 0 spiro atoms. The van der Waals surface area contributed by atoms with Crippen molar-refractivity contribution in [1.82, 2.24) is 10.6 Å². The summed E-state index contributed by atoms with van der Waals surface area (Å²) in [5, 5.41) is 5.12. The molecule has 1 aliphatic heterocycles. The Labute approximate surface area is 116 Å². The second-order valence-corrected chi connectivity index (χ2v) is 4.26. The molecule has 1 unspecified atom stereocenters. The van der Waals surface area contributed by atoms with Crippen molar-refractivity contribution in [3.63, 3.8) is 0 Å². The second kappa shape index (κ2) is 6.14. The van der Waals surface area contributed by atoms with E-state index < -0.39 is 18.0 Å². The van der Waals surface area contributed by atoms with E-state index in [2.05, 4.69) is 15.4 Å². The number of fused-ring (bicyclic) bond motifs is 1. The minimum atomic E-state index is -0.697. The highest BCUT2D eigenvalue weighted by Gasteiger charge is 2.16. The van der Waals surface area contributed by atoms with Crippen molar-refractivity contribution in [1.29, 1.82) is 0 Å². The van der Waals surface area contributed by atoms with E-state index in [0.717, 1.165) is 5.56 Å². The van der Waals surface area contributed by atoms with Gasteiger partial charge in [-0.2, -0.15) is 0 Å². The van der Waals surface area contributed by atoms with Crippen LogP contribution in [-0.4, -0.2) is 31.9 Å². The van der Waals surface area contributed by atoms with Gasteiger partial charge in [0.2, 0.25) is 6.79 Å². The zero-order valence-electron chi connectivity index (χ0n) is 11.3. The Hall–Kier alpha value is -2.44. The maximum atomic E-state index is 11.6. The number of rotatable bonds is 4. The van der Waals surface area contributed by atoms with Crippen LogP contribution >= 0.6 is 0 Å². The summed E-state index contributed by atoms with van der Waals surface area (Å²) in [4.78, 5) is 22.7. The topological polar surface area (TPSA) is 85.9 Å². The van der Waals surface area contributed by atoms with E-state index in [1.54, 1.807) is 19.1 Å². The van der Waals surface area contributed by atoms with Crippen LogP contribution in [0.1, 0.15) is 12.5 Å². The van der Waals surface area contributed by atoms with Crippen LogP contribution in [-0.2, 0) is 16.1 Å². The highest BCUT2D eigenvalue weighted by molar-refractivity contribution is 5.83. The molecule has 2 N–H and O–H groups in total. The number of ether oxygens (including phenoxy) is 3. The first-order valence-electron chi connectivity index (χ1n) is 6.11. The van der Waals surface area contributed by atoms with E-state index in [0.29, 0.717) is 18.0 Å². The normalized spacial score (nSPS) is 13.5. The number of hydrogen-bond acceptors (Lipinski definition) is 5. The number of methoxy groups -OCH3 is 1. The molecule has 7 heteroatoms. The van der Waals surface area contributed by atoms with E-state index in [1.165, 1.54) is 7.11 Å². The Balaban J connectivity index is 1.83. The lowest BCUT2D eigenvalue weighted by Crippen LogP contribution is -2.44. The van der Waals surface area contributed by atoms with Crippen molar-refractivity contribution in [2.75, 3.05) is 13.9 Å². The van der Waals surface area contributed by atoms with Crippen molar-refractivity contribution >= 4 is 12.0 Å². The molecule has 20 heavy (non-hydrogen) atoms. The number of esters is 1. The van der Waals surface area contributed by atoms with Crippen molar-refractivity contribution in [3.8, 4) is 11.5 Å².